The molecule has 6 heteroatoms. The second-order valence-corrected chi connectivity index (χ2v) is 6.46. The Kier molecular flexibility index (Phi) is 3.50. The first-order valence-corrected chi connectivity index (χ1v) is 7.61. The van der Waals surface area contributed by atoms with Gasteiger partial charge in [0.15, 0.2) is 9.84 Å². The molecule has 2 aromatic carbocycles. The van der Waals surface area contributed by atoms with Crippen molar-refractivity contribution in [3.05, 3.63) is 48.0 Å². The number of benzene rings is 2. The minimum Gasteiger partial charge on any atom is -0.478 e. The van der Waals surface area contributed by atoms with E-state index < -0.39 is 15.8 Å². The van der Waals surface area contributed by atoms with Crippen LogP contribution in [0, 0.1) is 0 Å². The van der Waals surface area contributed by atoms with E-state index in [1.165, 1.54) is 24.3 Å². The van der Waals surface area contributed by atoms with Crippen LogP contribution in [0.5, 0.6) is 0 Å². The van der Waals surface area contributed by atoms with Crippen LogP contribution in [-0.2, 0) is 9.84 Å². The summed E-state index contributed by atoms with van der Waals surface area (Å²) in [7, 11) is -3.32. The van der Waals surface area contributed by atoms with E-state index in [4.69, 9.17) is 10.8 Å². The number of hydrogen-bond acceptors (Lipinski definition) is 4. The molecule has 0 spiro atoms. The zero-order chi connectivity index (χ0) is 14.9. The summed E-state index contributed by atoms with van der Waals surface area (Å²) in [5, 5.41) is 9.01. The fraction of sp³-hybridized carbons (Fsp3) is 0.0714. The molecule has 0 unspecified atom stereocenters. The number of carbonyl (C=O) groups is 1. The monoisotopic (exact) mass is 291 g/mol. The molecule has 0 aromatic heterocycles. The zero-order valence-corrected chi connectivity index (χ0v) is 11.5. The van der Waals surface area contributed by atoms with Gasteiger partial charge in [-0.25, -0.2) is 13.2 Å². The van der Waals surface area contributed by atoms with Crippen molar-refractivity contribution in [3.8, 4) is 11.1 Å². The molecule has 5 nitrogen and oxygen atoms in total. The molecule has 0 atom stereocenters. The van der Waals surface area contributed by atoms with Gasteiger partial charge in [-0.2, -0.15) is 0 Å². The maximum atomic E-state index is 11.5. The number of aromatic carboxylic acids is 1. The minimum absolute atomic E-state index is 0.0600. The summed E-state index contributed by atoms with van der Waals surface area (Å²) >= 11 is 0. The standard InChI is InChI=1S/C14H13NO4S/c1-20(18,19)13-4-2-3-9(8-13)10-5-11(14(16)17)7-12(15)6-10/h2-8H,15H2,1H3,(H,16,17). The third-order valence-electron chi connectivity index (χ3n) is 2.80. The second kappa shape index (κ2) is 4.97. The summed E-state index contributed by atoms with van der Waals surface area (Å²) in [6, 6.07) is 10.7. The molecule has 20 heavy (non-hydrogen) atoms. The molecular weight excluding hydrogens is 278 g/mol. The van der Waals surface area contributed by atoms with Crippen molar-refractivity contribution in [1.29, 1.82) is 0 Å². The zero-order valence-electron chi connectivity index (χ0n) is 10.7. The molecule has 0 fully saturated rings. The molecule has 0 saturated heterocycles. The van der Waals surface area contributed by atoms with Gasteiger partial charge in [-0.05, 0) is 41.5 Å². The number of sulfone groups is 1. The van der Waals surface area contributed by atoms with Crippen LogP contribution in [0.2, 0.25) is 0 Å². The molecule has 104 valence electrons. The fourth-order valence-corrected chi connectivity index (χ4v) is 2.51. The molecule has 2 aromatic rings. The van der Waals surface area contributed by atoms with E-state index in [2.05, 4.69) is 0 Å². The Hall–Kier alpha value is -2.34. The van der Waals surface area contributed by atoms with Gasteiger partial charge in [0.2, 0.25) is 0 Å². The van der Waals surface area contributed by atoms with Gasteiger partial charge in [0.1, 0.15) is 0 Å². The number of carboxylic acids is 1. The largest absolute Gasteiger partial charge is 0.478 e. The van der Waals surface area contributed by atoms with Crippen molar-refractivity contribution in [2.45, 2.75) is 4.90 Å². The maximum absolute atomic E-state index is 11.5. The molecule has 0 radical (unpaired) electrons. The average molecular weight is 291 g/mol. The molecular formula is C14H13NO4S. The van der Waals surface area contributed by atoms with E-state index in [1.807, 2.05) is 0 Å². The molecule has 3 N–H and O–H groups in total. The molecule has 0 saturated carbocycles. The minimum atomic E-state index is -3.32. The van der Waals surface area contributed by atoms with Gasteiger partial charge in [-0.15, -0.1) is 0 Å². The van der Waals surface area contributed by atoms with Crippen LogP contribution in [0.15, 0.2) is 47.4 Å². The quantitative estimate of drug-likeness (QED) is 0.843. The molecule has 0 bridgehead atoms. The summed E-state index contributed by atoms with van der Waals surface area (Å²) in [6.07, 6.45) is 1.12. The smallest absolute Gasteiger partial charge is 0.335 e. The number of hydrogen-bond donors (Lipinski definition) is 2. The van der Waals surface area contributed by atoms with E-state index in [0.717, 1.165) is 6.26 Å². The van der Waals surface area contributed by atoms with Crippen molar-refractivity contribution in [2.75, 3.05) is 12.0 Å². The first-order valence-electron chi connectivity index (χ1n) is 5.72. The predicted molar refractivity (Wildman–Crippen MR) is 76.4 cm³/mol. The molecule has 0 aliphatic rings. The number of carboxylic acid groups (broad SMARTS) is 1. The molecule has 0 aliphatic heterocycles. The number of nitrogen functional groups attached to an aromatic ring is 1. The third-order valence-corrected chi connectivity index (χ3v) is 3.91. The van der Waals surface area contributed by atoms with Crippen LogP contribution in [0.3, 0.4) is 0 Å². The lowest BCUT2D eigenvalue weighted by molar-refractivity contribution is 0.0697. The van der Waals surface area contributed by atoms with Crippen LogP contribution < -0.4 is 5.73 Å². The van der Waals surface area contributed by atoms with Crippen molar-refractivity contribution in [3.63, 3.8) is 0 Å². The lowest BCUT2D eigenvalue weighted by Crippen LogP contribution is -2.00. The number of rotatable bonds is 3. The Labute approximate surface area is 116 Å². The van der Waals surface area contributed by atoms with E-state index >= 15 is 0 Å². The van der Waals surface area contributed by atoms with Crippen LogP contribution >= 0.6 is 0 Å². The van der Waals surface area contributed by atoms with Gasteiger partial charge in [0.25, 0.3) is 0 Å². The summed E-state index contributed by atoms with van der Waals surface area (Å²) in [6.45, 7) is 0. The number of anilines is 1. The molecule has 0 heterocycles. The van der Waals surface area contributed by atoms with Gasteiger partial charge in [0, 0.05) is 11.9 Å². The predicted octanol–water partition coefficient (Wildman–Crippen LogP) is 2.04. The topological polar surface area (TPSA) is 97.5 Å². The summed E-state index contributed by atoms with van der Waals surface area (Å²) in [5.74, 6) is -1.09. The van der Waals surface area contributed by atoms with Gasteiger partial charge < -0.3 is 10.8 Å². The first-order chi connectivity index (χ1) is 9.27. The van der Waals surface area contributed by atoms with Gasteiger partial charge >= 0.3 is 5.97 Å². The fourth-order valence-electron chi connectivity index (χ4n) is 1.85. The highest BCUT2D eigenvalue weighted by atomic mass is 32.2. The van der Waals surface area contributed by atoms with Crippen molar-refractivity contribution in [1.82, 2.24) is 0 Å². The molecule has 0 aliphatic carbocycles. The normalized spacial score (nSPS) is 11.2. The van der Waals surface area contributed by atoms with E-state index in [0.29, 0.717) is 16.8 Å². The van der Waals surface area contributed by atoms with Crippen molar-refractivity contribution in [2.24, 2.45) is 0 Å². The Morgan fingerprint density at radius 2 is 1.80 bits per heavy atom. The maximum Gasteiger partial charge on any atom is 0.335 e. The number of nitrogens with two attached hydrogens (primary N) is 1. The third kappa shape index (κ3) is 2.97. The lowest BCUT2D eigenvalue weighted by atomic mass is 10.0. The Morgan fingerprint density at radius 1 is 1.10 bits per heavy atom. The van der Waals surface area contributed by atoms with Crippen molar-refractivity contribution >= 4 is 21.5 Å². The lowest BCUT2D eigenvalue weighted by Gasteiger charge is -2.07. The van der Waals surface area contributed by atoms with Gasteiger partial charge in [0.05, 0.1) is 10.5 Å². The van der Waals surface area contributed by atoms with Crippen molar-refractivity contribution < 1.29 is 18.3 Å². The summed E-state index contributed by atoms with van der Waals surface area (Å²) in [4.78, 5) is 11.2. The second-order valence-electron chi connectivity index (χ2n) is 4.45. The Balaban J connectivity index is 2.60. The highest BCUT2D eigenvalue weighted by Crippen LogP contribution is 2.25. The Bertz CT molecular complexity index is 782. The van der Waals surface area contributed by atoms with Crippen LogP contribution in [-0.4, -0.2) is 25.7 Å². The van der Waals surface area contributed by atoms with Gasteiger partial charge in [-0.3, -0.25) is 0 Å². The van der Waals surface area contributed by atoms with Crippen LogP contribution in [0.1, 0.15) is 10.4 Å². The van der Waals surface area contributed by atoms with E-state index in [9.17, 15) is 13.2 Å². The van der Waals surface area contributed by atoms with E-state index in [1.54, 1.807) is 18.2 Å². The summed E-state index contributed by atoms with van der Waals surface area (Å²) < 4.78 is 23.1. The highest BCUT2D eigenvalue weighted by molar-refractivity contribution is 7.90. The van der Waals surface area contributed by atoms with Crippen LogP contribution in [0.25, 0.3) is 11.1 Å². The van der Waals surface area contributed by atoms with Gasteiger partial charge in [-0.1, -0.05) is 12.1 Å². The SMILES string of the molecule is CS(=O)(=O)c1cccc(-c2cc(N)cc(C(=O)O)c2)c1. The first kappa shape index (κ1) is 14.1. The average Bonchev–Trinajstić information content (AvgIpc) is 2.37. The highest BCUT2D eigenvalue weighted by Gasteiger charge is 2.11. The molecule has 0 amide bonds. The summed E-state index contributed by atoms with van der Waals surface area (Å²) in [5.41, 5.74) is 7.21. The Morgan fingerprint density at radius 3 is 2.40 bits per heavy atom. The van der Waals surface area contributed by atoms with Crippen LogP contribution in [0.4, 0.5) is 5.69 Å². The van der Waals surface area contributed by atoms with E-state index in [-0.39, 0.29) is 10.5 Å². The molecule has 2 rings (SSSR count).